The Hall–Kier alpha value is -1.97. The molecule has 1 heterocycles. The molecule has 2 N–H and O–H groups in total. The van der Waals surface area contributed by atoms with Crippen LogP contribution in [0.4, 0.5) is 0 Å². The second kappa shape index (κ2) is 8.81. The maximum atomic E-state index is 12.8. The maximum absolute atomic E-state index is 12.8. The van der Waals surface area contributed by atoms with Gasteiger partial charge in [-0.3, -0.25) is 9.59 Å². The standard InChI is InChI=1S/C18H27N3O5S/c1-12(2)20-17(22)9-19-18(23)15-5-7-16(8-6-15)27(24,25)21-10-13(3)26-14(4)11-21/h5-8,12-14H,9-11H2,1-4H3,(H,19,23)(H,20,22)/t13-,14+. The zero-order chi connectivity index (χ0) is 20.2. The molecule has 0 unspecified atom stereocenters. The number of nitrogens with zero attached hydrogens (tertiary/aromatic N) is 1. The first-order valence-electron chi connectivity index (χ1n) is 8.93. The highest BCUT2D eigenvalue weighted by Crippen LogP contribution is 2.21. The summed E-state index contributed by atoms with van der Waals surface area (Å²) >= 11 is 0. The van der Waals surface area contributed by atoms with E-state index >= 15 is 0 Å². The van der Waals surface area contributed by atoms with Crippen molar-refractivity contribution in [2.24, 2.45) is 0 Å². The lowest BCUT2D eigenvalue weighted by Crippen LogP contribution is -2.48. The molecule has 27 heavy (non-hydrogen) atoms. The van der Waals surface area contributed by atoms with Gasteiger partial charge in [-0.2, -0.15) is 4.31 Å². The summed E-state index contributed by atoms with van der Waals surface area (Å²) in [6.07, 6.45) is -0.351. The number of amides is 2. The van der Waals surface area contributed by atoms with Crippen LogP contribution in [0, 0.1) is 0 Å². The zero-order valence-electron chi connectivity index (χ0n) is 16.1. The van der Waals surface area contributed by atoms with Crippen molar-refractivity contribution < 1.29 is 22.7 Å². The molecular weight excluding hydrogens is 370 g/mol. The molecule has 0 aliphatic carbocycles. The fourth-order valence-corrected chi connectivity index (χ4v) is 4.48. The van der Waals surface area contributed by atoms with Crippen LogP contribution in [-0.2, 0) is 19.6 Å². The van der Waals surface area contributed by atoms with Gasteiger partial charge in [-0.05, 0) is 52.0 Å². The van der Waals surface area contributed by atoms with Crippen LogP contribution in [0.3, 0.4) is 0 Å². The van der Waals surface area contributed by atoms with Crippen molar-refractivity contribution in [2.75, 3.05) is 19.6 Å². The number of sulfonamides is 1. The molecule has 0 spiro atoms. The molecule has 1 aromatic carbocycles. The van der Waals surface area contributed by atoms with Crippen molar-refractivity contribution in [3.63, 3.8) is 0 Å². The molecule has 1 saturated heterocycles. The van der Waals surface area contributed by atoms with Gasteiger partial charge < -0.3 is 15.4 Å². The summed E-state index contributed by atoms with van der Waals surface area (Å²) in [4.78, 5) is 23.8. The number of morpholine rings is 1. The summed E-state index contributed by atoms with van der Waals surface area (Å²) in [6, 6.07) is 5.68. The highest BCUT2D eigenvalue weighted by atomic mass is 32.2. The monoisotopic (exact) mass is 397 g/mol. The molecule has 1 aliphatic rings. The topological polar surface area (TPSA) is 105 Å². The number of benzene rings is 1. The van der Waals surface area contributed by atoms with E-state index in [9.17, 15) is 18.0 Å². The van der Waals surface area contributed by atoms with Crippen LogP contribution in [0.1, 0.15) is 38.1 Å². The minimum atomic E-state index is -3.65. The van der Waals surface area contributed by atoms with Gasteiger partial charge in [0.2, 0.25) is 15.9 Å². The largest absolute Gasteiger partial charge is 0.373 e. The molecule has 0 aromatic heterocycles. The molecule has 0 saturated carbocycles. The number of rotatable bonds is 6. The SMILES string of the molecule is CC(C)NC(=O)CNC(=O)c1ccc(S(=O)(=O)N2C[C@@H](C)O[C@@H](C)C2)cc1. The molecular formula is C18H27N3O5S. The van der Waals surface area contributed by atoms with Crippen LogP contribution in [-0.4, -0.2) is 62.4 Å². The molecule has 8 nitrogen and oxygen atoms in total. The van der Waals surface area contributed by atoms with Gasteiger partial charge in [-0.1, -0.05) is 0 Å². The van der Waals surface area contributed by atoms with E-state index in [0.717, 1.165) is 0 Å². The predicted octanol–water partition coefficient (Wildman–Crippen LogP) is 0.739. The number of carbonyl (C=O) groups is 2. The zero-order valence-corrected chi connectivity index (χ0v) is 16.9. The van der Waals surface area contributed by atoms with E-state index in [1.165, 1.54) is 28.6 Å². The van der Waals surface area contributed by atoms with Gasteiger partial charge in [0.1, 0.15) is 0 Å². The van der Waals surface area contributed by atoms with Crippen molar-refractivity contribution in [3.05, 3.63) is 29.8 Å². The summed E-state index contributed by atoms with van der Waals surface area (Å²) in [7, 11) is -3.65. The first-order valence-corrected chi connectivity index (χ1v) is 10.4. The lowest BCUT2D eigenvalue weighted by atomic mass is 10.2. The first-order chi connectivity index (χ1) is 12.6. The minimum Gasteiger partial charge on any atom is -0.373 e. The number of hydrogen-bond acceptors (Lipinski definition) is 5. The van der Waals surface area contributed by atoms with Gasteiger partial charge in [0.25, 0.3) is 5.91 Å². The molecule has 1 fully saturated rings. The third kappa shape index (κ3) is 5.75. The second-order valence-electron chi connectivity index (χ2n) is 7.01. The molecule has 1 aliphatic heterocycles. The van der Waals surface area contributed by atoms with Crippen LogP contribution in [0.2, 0.25) is 0 Å². The Morgan fingerprint density at radius 3 is 2.22 bits per heavy atom. The Labute approximate surface area is 160 Å². The fourth-order valence-electron chi connectivity index (χ4n) is 2.89. The van der Waals surface area contributed by atoms with Gasteiger partial charge in [0.15, 0.2) is 0 Å². The number of ether oxygens (including phenoxy) is 1. The molecule has 9 heteroatoms. The second-order valence-corrected chi connectivity index (χ2v) is 8.95. The molecule has 0 radical (unpaired) electrons. The van der Waals surface area contributed by atoms with E-state index in [0.29, 0.717) is 13.1 Å². The number of nitrogens with one attached hydrogen (secondary N) is 2. The third-order valence-electron chi connectivity index (χ3n) is 4.00. The fraction of sp³-hybridized carbons (Fsp3) is 0.556. The minimum absolute atomic E-state index is 0.00971. The molecule has 0 bridgehead atoms. The van der Waals surface area contributed by atoms with E-state index in [1.54, 1.807) is 0 Å². The van der Waals surface area contributed by atoms with Gasteiger partial charge in [0, 0.05) is 24.7 Å². The van der Waals surface area contributed by atoms with E-state index in [1.807, 2.05) is 27.7 Å². The van der Waals surface area contributed by atoms with Crippen LogP contribution in [0.15, 0.2) is 29.2 Å². The van der Waals surface area contributed by atoms with Gasteiger partial charge in [-0.25, -0.2) is 8.42 Å². The number of carbonyl (C=O) groups excluding carboxylic acids is 2. The molecule has 2 rings (SSSR count). The predicted molar refractivity (Wildman–Crippen MR) is 101 cm³/mol. The Morgan fingerprint density at radius 1 is 1.15 bits per heavy atom. The van der Waals surface area contributed by atoms with Crippen LogP contribution in [0.5, 0.6) is 0 Å². The highest BCUT2D eigenvalue weighted by molar-refractivity contribution is 7.89. The molecule has 2 amide bonds. The Balaban J connectivity index is 2.03. The molecule has 2 atom stereocenters. The lowest BCUT2D eigenvalue weighted by Gasteiger charge is -2.34. The van der Waals surface area contributed by atoms with Crippen LogP contribution >= 0.6 is 0 Å². The summed E-state index contributed by atoms with van der Waals surface area (Å²) in [5.41, 5.74) is 0.287. The summed E-state index contributed by atoms with van der Waals surface area (Å²) in [5, 5.41) is 5.18. The van der Waals surface area contributed by atoms with Gasteiger partial charge in [0.05, 0.1) is 23.6 Å². The first kappa shape index (κ1) is 21.3. The van der Waals surface area contributed by atoms with Crippen molar-refractivity contribution in [1.82, 2.24) is 14.9 Å². The van der Waals surface area contributed by atoms with E-state index in [4.69, 9.17) is 4.74 Å². The Kier molecular flexibility index (Phi) is 6.96. The third-order valence-corrected chi connectivity index (χ3v) is 5.85. The highest BCUT2D eigenvalue weighted by Gasteiger charge is 2.32. The van der Waals surface area contributed by atoms with E-state index < -0.39 is 15.9 Å². The average Bonchev–Trinajstić information content (AvgIpc) is 2.58. The average molecular weight is 397 g/mol. The summed E-state index contributed by atoms with van der Waals surface area (Å²) in [5.74, 6) is -0.723. The summed E-state index contributed by atoms with van der Waals surface area (Å²) < 4.78 is 32.6. The lowest BCUT2D eigenvalue weighted by molar-refractivity contribution is -0.120. The van der Waals surface area contributed by atoms with Gasteiger partial charge >= 0.3 is 0 Å². The molecule has 1 aromatic rings. The van der Waals surface area contributed by atoms with E-state index in [-0.39, 0.29) is 41.2 Å². The number of hydrogen-bond donors (Lipinski definition) is 2. The van der Waals surface area contributed by atoms with Crippen molar-refractivity contribution in [3.8, 4) is 0 Å². The maximum Gasteiger partial charge on any atom is 0.251 e. The quantitative estimate of drug-likeness (QED) is 0.737. The van der Waals surface area contributed by atoms with Crippen LogP contribution in [0.25, 0.3) is 0 Å². The molecule has 150 valence electrons. The van der Waals surface area contributed by atoms with Gasteiger partial charge in [-0.15, -0.1) is 0 Å². The van der Waals surface area contributed by atoms with Crippen molar-refractivity contribution in [1.29, 1.82) is 0 Å². The van der Waals surface area contributed by atoms with Crippen LogP contribution < -0.4 is 10.6 Å². The van der Waals surface area contributed by atoms with Crippen molar-refractivity contribution in [2.45, 2.75) is 50.8 Å². The van der Waals surface area contributed by atoms with E-state index in [2.05, 4.69) is 10.6 Å². The Bertz CT molecular complexity index is 767. The summed E-state index contributed by atoms with van der Waals surface area (Å²) in [6.45, 7) is 7.77. The smallest absolute Gasteiger partial charge is 0.251 e. The van der Waals surface area contributed by atoms with Crippen molar-refractivity contribution >= 4 is 21.8 Å². The Morgan fingerprint density at radius 2 is 1.70 bits per heavy atom. The normalized spacial score (nSPS) is 21.1.